The Labute approximate surface area is 75.1 Å². The van der Waals surface area contributed by atoms with Crippen molar-refractivity contribution in [2.45, 2.75) is 6.04 Å². The first-order chi connectivity index (χ1) is 6.04. The first kappa shape index (κ1) is 9.34. The predicted molar refractivity (Wildman–Crippen MR) is 49.8 cm³/mol. The molecule has 0 spiro atoms. The Balaban J connectivity index is 3.15. The maximum atomic E-state index is 10.5. The highest BCUT2D eigenvalue weighted by molar-refractivity contribution is 5.80. The van der Waals surface area contributed by atoms with Gasteiger partial charge >= 0.3 is 5.97 Å². The third kappa shape index (κ3) is 1.70. The van der Waals surface area contributed by atoms with Gasteiger partial charge in [0.15, 0.2) is 0 Å². The second-order valence-corrected chi connectivity index (χ2v) is 2.67. The number of nitrogens with two attached hydrogens (primary N) is 3. The lowest BCUT2D eigenvalue weighted by molar-refractivity contribution is -0.138. The summed E-state index contributed by atoms with van der Waals surface area (Å²) in [7, 11) is 0. The highest BCUT2D eigenvalue weighted by Gasteiger charge is 2.17. The summed E-state index contributed by atoms with van der Waals surface area (Å²) >= 11 is 0. The van der Waals surface area contributed by atoms with Crippen LogP contribution in [0.3, 0.4) is 0 Å². The van der Waals surface area contributed by atoms with E-state index in [2.05, 4.69) is 0 Å². The molecule has 1 unspecified atom stereocenters. The lowest BCUT2D eigenvalue weighted by Crippen LogP contribution is -2.22. The van der Waals surface area contributed by atoms with Crippen molar-refractivity contribution in [2.24, 2.45) is 5.73 Å². The number of hydrogen-bond acceptors (Lipinski definition) is 4. The minimum atomic E-state index is -1.13. The fourth-order valence-electron chi connectivity index (χ4n) is 1.01. The number of hydrogen-bond donors (Lipinski definition) is 4. The standard InChI is InChI=1S/C8H11N3O2/c9-5-3-1-2-4(6(5)10)7(11)8(12)13/h1-3,7H,9-11H2,(H,12,13). The van der Waals surface area contributed by atoms with Crippen LogP contribution in [0.5, 0.6) is 0 Å². The minimum absolute atomic E-state index is 0.234. The molecule has 1 atom stereocenters. The smallest absolute Gasteiger partial charge is 0.325 e. The summed E-state index contributed by atoms with van der Waals surface area (Å²) in [6.07, 6.45) is 0. The molecule has 0 heterocycles. The molecule has 0 aliphatic rings. The molecule has 70 valence electrons. The first-order valence-corrected chi connectivity index (χ1v) is 3.66. The van der Waals surface area contributed by atoms with E-state index in [1.54, 1.807) is 18.2 Å². The summed E-state index contributed by atoms with van der Waals surface area (Å²) < 4.78 is 0. The highest BCUT2D eigenvalue weighted by atomic mass is 16.4. The third-order valence-corrected chi connectivity index (χ3v) is 1.77. The molecule has 1 aromatic carbocycles. The fourth-order valence-corrected chi connectivity index (χ4v) is 1.01. The van der Waals surface area contributed by atoms with Gasteiger partial charge in [0, 0.05) is 5.56 Å². The van der Waals surface area contributed by atoms with Crippen molar-refractivity contribution in [1.29, 1.82) is 0 Å². The van der Waals surface area contributed by atoms with Crippen LogP contribution in [0.15, 0.2) is 18.2 Å². The second kappa shape index (κ2) is 3.32. The van der Waals surface area contributed by atoms with Crippen LogP contribution in [-0.2, 0) is 4.79 Å². The van der Waals surface area contributed by atoms with E-state index >= 15 is 0 Å². The zero-order valence-electron chi connectivity index (χ0n) is 6.90. The number of anilines is 2. The lowest BCUT2D eigenvalue weighted by atomic mass is 10.0. The monoisotopic (exact) mass is 181 g/mol. The molecule has 0 aliphatic heterocycles. The average molecular weight is 181 g/mol. The van der Waals surface area contributed by atoms with E-state index in [1.807, 2.05) is 0 Å². The molecule has 0 aliphatic carbocycles. The van der Waals surface area contributed by atoms with Crippen LogP contribution in [0.2, 0.25) is 0 Å². The molecule has 0 amide bonds. The Bertz CT molecular complexity index is 338. The number of carboxylic acids is 1. The van der Waals surface area contributed by atoms with Gasteiger partial charge in [-0.3, -0.25) is 4.79 Å². The van der Waals surface area contributed by atoms with E-state index in [1.165, 1.54) is 0 Å². The van der Waals surface area contributed by atoms with Crippen LogP contribution in [0.25, 0.3) is 0 Å². The predicted octanol–water partition coefficient (Wildman–Crippen LogP) is -0.0646. The summed E-state index contributed by atoms with van der Waals surface area (Å²) in [6.45, 7) is 0. The zero-order chi connectivity index (χ0) is 10.0. The summed E-state index contributed by atoms with van der Waals surface area (Å²) in [5, 5.41) is 8.63. The Morgan fingerprint density at radius 1 is 1.38 bits per heavy atom. The molecule has 0 saturated heterocycles. The molecule has 7 N–H and O–H groups in total. The van der Waals surface area contributed by atoms with Gasteiger partial charge in [-0.15, -0.1) is 0 Å². The Morgan fingerprint density at radius 3 is 2.54 bits per heavy atom. The van der Waals surface area contributed by atoms with Crippen molar-refractivity contribution in [1.82, 2.24) is 0 Å². The van der Waals surface area contributed by atoms with Crippen molar-refractivity contribution >= 4 is 17.3 Å². The van der Waals surface area contributed by atoms with Crippen molar-refractivity contribution in [3.05, 3.63) is 23.8 Å². The molecule has 0 bridgehead atoms. The van der Waals surface area contributed by atoms with Gasteiger partial charge in [0.2, 0.25) is 0 Å². The third-order valence-electron chi connectivity index (χ3n) is 1.77. The normalized spacial score (nSPS) is 12.4. The van der Waals surface area contributed by atoms with Gasteiger partial charge < -0.3 is 22.3 Å². The second-order valence-electron chi connectivity index (χ2n) is 2.67. The highest BCUT2D eigenvalue weighted by Crippen LogP contribution is 2.24. The van der Waals surface area contributed by atoms with Gasteiger partial charge in [0.25, 0.3) is 0 Å². The molecule has 0 aromatic heterocycles. The van der Waals surface area contributed by atoms with E-state index in [9.17, 15) is 4.79 Å². The van der Waals surface area contributed by atoms with Gasteiger partial charge in [0.1, 0.15) is 6.04 Å². The van der Waals surface area contributed by atoms with Crippen molar-refractivity contribution < 1.29 is 9.90 Å². The zero-order valence-corrected chi connectivity index (χ0v) is 6.90. The van der Waals surface area contributed by atoms with Gasteiger partial charge in [-0.25, -0.2) is 0 Å². The lowest BCUT2D eigenvalue weighted by Gasteiger charge is -2.11. The molecule has 5 heteroatoms. The maximum Gasteiger partial charge on any atom is 0.325 e. The van der Waals surface area contributed by atoms with Crippen molar-refractivity contribution in [2.75, 3.05) is 11.5 Å². The fraction of sp³-hybridized carbons (Fsp3) is 0.125. The number of rotatable bonds is 2. The molecular weight excluding hydrogens is 170 g/mol. The van der Waals surface area contributed by atoms with Gasteiger partial charge in [-0.1, -0.05) is 12.1 Å². The molecule has 0 fully saturated rings. The van der Waals surface area contributed by atoms with Crippen molar-refractivity contribution in [3.63, 3.8) is 0 Å². The molecule has 5 nitrogen and oxygen atoms in total. The van der Waals surface area contributed by atoms with E-state index in [-0.39, 0.29) is 5.69 Å². The van der Waals surface area contributed by atoms with Crippen LogP contribution < -0.4 is 17.2 Å². The van der Waals surface area contributed by atoms with Crippen LogP contribution in [0, 0.1) is 0 Å². The quantitative estimate of drug-likeness (QED) is 0.477. The van der Waals surface area contributed by atoms with Crippen molar-refractivity contribution in [3.8, 4) is 0 Å². The molecule has 13 heavy (non-hydrogen) atoms. The molecule has 1 rings (SSSR count). The number of para-hydroxylation sites is 1. The summed E-state index contributed by atoms with van der Waals surface area (Å²) in [4.78, 5) is 10.5. The van der Waals surface area contributed by atoms with E-state index in [4.69, 9.17) is 22.3 Å². The van der Waals surface area contributed by atoms with Crippen LogP contribution >= 0.6 is 0 Å². The average Bonchev–Trinajstić information content (AvgIpc) is 2.08. The Hall–Kier alpha value is -1.75. The summed E-state index contributed by atoms with van der Waals surface area (Å²) in [6, 6.07) is 3.63. The molecular formula is C8H11N3O2. The number of benzene rings is 1. The number of nitrogen functional groups attached to an aromatic ring is 2. The van der Waals surface area contributed by atoms with Crippen LogP contribution in [-0.4, -0.2) is 11.1 Å². The molecule has 0 radical (unpaired) electrons. The van der Waals surface area contributed by atoms with Crippen LogP contribution in [0.1, 0.15) is 11.6 Å². The first-order valence-electron chi connectivity index (χ1n) is 3.66. The van der Waals surface area contributed by atoms with E-state index in [0.29, 0.717) is 11.3 Å². The summed E-state index contributed by atoms with van der Waals surface area (Å²) in [5.74, 6) is -1.13. The van der Waals surface area contributed by atoms with E-state index in [0.717, 1.165) is 0 Å². The minimum Gasteiger partial charge on any atom is -0.480 e. The maximum absolute atomic E-state index is 10.5. The van der Waals surface area contributed by atoms with Gasteiger partial charge in [-0.05, 0) is 6.07 Å². The number of aliphatic carboxylic acids is 1. The largest absolute Gasteiger partial charge is 0.480 e. The number of carbonyl (C=O) groups is 1. The SMILES string of the molecule is Nc1cccc(C(N)C(=O)O)c1N. The van der Waals surface area contributed by atoms with Gasteiger partial charge in [-0.2, -0.15) is 0 Å². The molecule has 0 saturated carbocycles. The Morgan fingerprint density at radius 2 is 2.00 bits per heavy atom. The van der Waals surface area contributed by atoms with Gasteiger partial charge in [0.05, 0.1) is 11.4 Å². The Kier molecular flexibility index (Phi) is 2.39. The molecule has 1 aromatic rings. The van der Waals surface area contributed by atoms with E-state index < -0.39 is 12.0 Å². The number of carboxylic acid groups (broad SMARTS) is 1. The topological polar surface area (TPSA) is 115 Å². The van der Waals surface area contributed by atoms with Crippen LogP contribution in [0.4, 0.5) is 11.4 Å². The summed E-state index contributed by atoms with van der Waals surface area (Å²) in [5.41, 5.74) is 17.3.